The Morgan fingerprint density at radius 3 is 2.69 bits per heavy atom. The summed E-state index contributed by atoms with van der Waals surface area (Å²) in [7, 11) is 0. The average molecular weight is 502 g/mol. The fourth-order valence-corrected chi connectivity index (χ4v) is 5.56. The molecule has 0 saturated heterocycles. The Balaban J connectivity index is 1.12. The molecule has 1 fully saturated rings. The van der Waals surface area contributed by atoms with Crippen LogP contribution in [0, 0.1) is 5.92 Å². The molecular formula is C28H25Cl2N5. The predicted molar refractivity (Wildman–Crippen MR) is 144 cm³/mol. The summed E-state index contributed by atoms with van der Waals surface area (Å²) in [6, 6.07) is 20.9. The molecule has 0 radical (unpaired) electrons. The van der Waals surface area contributed by atoms with E-state index in [1.165, 1.54) is 31.2 Å². The maximum Gasteiger partial charge on any atom is 0.145 e. The van der Waals surface area contributed by atoms with E-state index in [9.17, 15) is 0 Å². The minimum atomic E-state index is 0.475. The van der Waals surface area contributed by atoms with Crippen LogP contribution in [0.2, 0.25) is 10.2 Å². The lowest BCUT2D eigenvalue weighted by Gasteiger charge is -2.14. The molecule has 0 bridgehead atoms. The van der Waals surface area contributed by atoms with Gasteiger partial charge in [-0.3, -0.25) is 0 Å². The van der Waals surface area contributed by atoms with Gasteiger partial charge < -0.3 is 9.88 Å². The number of nitrogens with one attached hydrogen (secondary N) is 1. The van der Waals surface area contributed by atoms with Crippen molar-refractivity contribution in [2.75, 3.05) is 5.32 Å². The van der Waals surface area contributed by atoms with Gasteiger partial charge in [0.1, 0.15) is 22.9 Å². The van der Waals surface area contributed by atoms with Crippen molar-refractivity contribution >= 4 is 56.6 Å². The molecule has 3 heterocycles. The molecule has 5 aromatic rings. The molecule has 6 rings (SSSR count). The fourth-order valence-electron chi connectivity index (χ4n) is 5.24. The molecule has 176 valence electrons. The van der Waals surface area contributed by atoms with Crippen LogP contribution in [0.3, 0.4) is 0 Å². The molecule has 0 amide bonds. The van der Waals surface area contributed by atoms with Crippen molar-refractivity contribution in [1.29, 1.82) is 0 Å². The third-order valence-corrected chi connectivity index (χ3v) is 7.64. The maximum absolute atomic E-state index is 6.24. The van der Waals surface area contributed by atoms with Crippen molar-refractivity contribution in [3.63, 3.8) is 0 Å². The fraction of sp³-hybridized carbons (Fsp3) is 0.250. The number of aryl methyl sites for hydroxylation is 1. The Morgan fingerprint density at radius 1 is 0.943 bits per heavy atom. The zero-order valence-corrected chi connectivity index (χ0v) is 20.7. The second kappa shape index (κ2) is 9.48. The van der Waals surface area contributed by atoms with E-state index >= 15 is 0 Å². The number of benzene rings is 2. The highest BCUT2D eigenvalue weighted by Gasteiger charge is 2.27. The summed E-state index contributed by atoms with van der Waals surface area (Å²) < 4.78 is 2.29. The Hall–Kier alpha value is -3.15. The third kappa shape index (κ3) is 4.71. The number of pyridine rings is 1. The van der Waals surface area contributed by atoms with Crippen LogP contribution in [0.15, 0.2) is 73.2 Å². The molecule has 1 saturated carbocycles. The Labute approximate surface area is 214 Å². The van der Waals surface area contributed by atoms with Crippen molar-refractivity contribution in [2.45, 2.75) is 38.1 Å². The van der Waals surface area contributed by atoms with Crippen molar-refractivity contribution in [1.82, 2.24) is 19.5 Å². The molecule has 0 aliphatic heterocycles. The quantitative estimate of drug-likeness (QED) is 0.239. The van der Waals surface area contributed by atoms with Gasteiger partial charge in [-0.2, -0.15) is 0 Å². The van der Waals surface area contributed by atoms with E-state index in [1.807, 2.05) is 36.4 Å². The number of anilines is 2. The lowest BCUT2D eigenvalue weighted by atomic mass is 9.97. The molecule has 35 heavy (non-hydrogen) atoms. The minimum absolute atomic E-state index is 0.475. The smallest absolute Gasteiger partial charge is 0.145 e. The van der Waals surface area contributed by atoms with Crippen molar-refractivity contribution in [2.24, 2.45) is 5.92 Å². The van der Waals surface area contributed by atoms with Gasteiger partial charge in [0.2, 0.25) is 0 Å². The summed E-state index contributed by atoms with van der Waals surface area (Å²) in [5.74, 6) is 1.54. The van der Waals surface area contributed by atoms with Crippen LogP contribution >= 0.6 is 23.2 Å². The van der Waals surface area contributed by atoms with Gasteiger partial charge in [0.05, 0.1) is 10.9 Å². The van der Waals surface area contributed by atoms with Crippen LogP contribution in [0.25, 0.3) is 21.9 Å². The van der Waals surface area contributed by atoms with E-state index in [0.29, 0.717) is 17.1 Å². The Kier molecular flexibility index (Phi) is 6.05. The summed E-state index contributed by atoms with van der Waals surface area (Å²) in [6.45, 7) is 0. The van der Waals surface area contributed by atoms with Crippen LogP contribution in [-0.2, 0) is 6.42 Å². The summed E-state index contributed by atoms with van der Waals surface area (Å²) in [4.78, 5) is 13.4. The second-order valence-corrected chi connectivity index (χ2v) is 10.1. The van der Waals surface area contributed by atoms with Crippen molar-refractivity contribution in [3.8, 4) is 0 Å². The number of hydrogen-bond acceptors (Lipinski definition) is 4. The number of aromatic nitrogens is 4. The molecular weight excluding hydrogens is 477 g/mol. The molecule has 0 spiro atoms. The predicted octanol–water partition coefficient (Wildman–Crippen LogP) is 8.00. The first-order chi connectivity index (χ1) is 17.1. The first-order valence-electron chi connectivity index (χ1n) is 12.0. The Bertz CT molecular complexity index is 1500. The van der Waals surface area contributed by atoms with E-state index in [4.69, 9.17) is 28.2 Å². The zero-order valence-electron chi connectivity index (χ0n) is 19.2. The van der Waals surface area contributed by atoms with E-state index in [1.54, 1.807) is 6.33 Å². The van der Waals surface area contributed by atoms with Crippen LogP contribution in [0.4, 0.5) is 11.5 Å². The van der Waals surface area contributed by atoms with Crippen LogP contribution < -0.4 is 5.32 Å². The molecule has 1 aliphatic rings. The van der Waals surface area contributed by atoms with Crippen LogP contribution in [0.1, 0.15) is 37.3 Å². The average Bonchev–Trinajstić information content (AvgIpc) is 3.52. The minimum Gasteiger partial charge on any atom is -0.340 e. The molecule has 3 aromatic heterocycles. The van der Waals surface area contributed by atoms with E-state index in [2.05, 4.69) is 50.3 Å². The first-order valence-corrected chi connectivity index (χ1v) is 12.8. The first kappa shape index (κ1) is 22.3. The lowest BCUT2D eigenvalue weighted by Crippen LogP contribution is -2.06. The van der Waals surface area contributed by atoms with Gasteiger partial charge in [0.25, 0.3) is 0 Å². The number of hydrogen-bond donors (Lipinski definition) is 1. The van der Waals surface area contributed by atoms with E-state index in [0.717, 1.165) is 44.9 Å². The highest BCUT2D eigenvalue weighted by Crippen LogP contribution is 2.39. The summed E-state index contributed by atoms with van der Waals surface area (Å²) >= 11 is 12.2. The summed E-state index contributed by atoms with van der Waals surface area (Å²) in [5, 5.41) is 6.70. The maximum atomic E-state index is 6.24. The molecule has 2 atom stereocenters. The topological polar surface area (TPSA) is 55.6 Å². The lowest BCUT2D eigenvalue weighted by molar-refractivity contribution is 0.461. The molecule has 1 N–H and O–H groups in total. The molecule has 2 aromatic carbocycles. The summed E-state index contributed by atoms with van der Waals surface area (Å²) in [6.07, 6.45) is 9.50. The van der Waals surface area contributed by atoms with Gasteiger partial charge in [0, 0.05) is 28.3 Å². The monoisotopic (exact) mass is 501 g/mol. The normalized spacial score (nSPS) is 17.9. The third-order valence-electron chi connectivity index (χ3n) is 7.08. The van der Waals surface area contributed by atoms with Gasteiger partial charge in [-0.25, -0.2) is 15.0 Å². The van der Waals surface area contributed by atoms with E-state index in [-0.39, 0.29) is 0 Å². The SMILES string of the molecule is Clc1ccc(Nc2ccc3ccc(CCC4CCC(n5ccc6c(Cl)ncnc65)C4)cc3n2)cc1. The second-order valence-electron chi connectivity index (χ2n) is 9.35. The van der Waals surface area contributed by atoms with Crippen LogP contribution in [0.5, 0.6) is 0 Å². The Morgan fingerprint density at radius 2 is 1.80 bits per heavy atom. The number of halogens is 2. The van der Waals surface area contributed by atoms with Gasteiger partial charge in [0.15, 0.2) is 0 Å². The molecule has 2 unspecified atom stereocenters. The van der Waals surface area contributed by atoms with Crippen molar-refractivity contribution < 1.29 is 0 Å². The number of fused-ring (bicyclic) bond motifs is 2. The molecule has 1 aliphatic carbocycles. The number of rotatable bonds is 6. The van der Waals surface area contributed by atoms with Gasteiger partial charge >= 0.3 is 0 Å². The number of nitrogens with zero attached hydrogens (tertiary/aromatic N) is 4. The van der Waals surface area contributed by atoms with E-state index < -0.39 is 0 Å². The highest BCUT2D eigenvalue weighted by molar-refractivity contribution is 6.33. The van der Waals surface area contributed by atoms with Gasteiger partial charge in [-0.05, 0) is 92.1 Å². The largest absolute Gasteiger partial charge is 0.340 e. The van der Waals surface area contributed by atoms with Gasteiger partial charge in [-0.1, -0.05) is 35.3 Å². The van der Waals surface area contributed by atoms with Crippen LogP contribution in [-0.4, -0.2) is 19.5 Å². The van der Waals surface area contributed by atoms with Crippen molar-refractivity contribution in [3.05, 3.63) is 88.9 Å². The molecule has 7 heteroatoms. The molecule has 5 nitrogen and oxygen atoms in total. The van der Waals surface area contributed by atoms with Gasteiger partial charge in [-0.15, -0.1) is 0 Å². The standard InChI is InChI=1S/C28H25Cl2N5/c29-21-7-9-22(10-8-21)33-26-12-6-20-5-3-19(16-25(20)34-26)2-1-18-4-11-23(15-18)35-14-13-24-27(30)31-17-32-28(24)35/h3,5-10,12-14,16-18,23H,1-2,4,11,15H2,(H,33,34). The highest BCUT2D eigenvalue weighted by atomic mass is 35.5. The summed E-state index contributed by atoms with van der Waals surface area (Å²) in [5.41, 5.74) is 4.26. The zero-order chi connectivity index (χ0) is 23.8.